The Kier molecular flexibility index (Phi) is 3.62. The van der Waals surface area contributed by atoms with Crippen molar-refractivity contribution in [3.8, 4) is 11.3 Å². The molecule has 0 saturated carbocycles. The second-order valence-electron chi connectivity index (χ2n) is 5.92. The molecule has 0 radical (unpaired) electrons. The molecule has 0 aliphatic carbocycles. The number of aryl methyl sites for hydroxylation is 1. The predicted octanol–water partition coefficient (Wildman–Crippen LogP) is 5.58. The summed E-state index contributed by atoms with van der Waals surface area (Å²) in [6.07, 6.45) is 4.91. The van der Waals surface area contributed by atoms with Crippen LogP contribution in [0.5, 0.6) is 0 Å². The number of pyridine rings is 1. The minimum Gasteiger partial charge on any atom is -0.284 e. The number of benzene rings is 2. The van der Waals surface area contributed by atoms with Gasteiger partial charge in [-0.25, -0.2) is 9.98 Å². The van der Waals surface area contributed by atoms with Crippen LogP contribution in [0, 0.1) is 6.92 Å². The zero-order valence-corrected chi connectivity index (χ0v) is 13.9. The quantitative estimate of drug-likeness (QED) is 0.454. The van der Waals surface area contributed by atoms with Gasteiger partial charge in [0.1, 0.15) is 11.3 Å². The molecule has 0 spiro atoms. The van der Waals surface area contributed by atoms with Gasteiger partial charge < -0.3 is 0 Å². The molecule has 4 rings (SSSR count). The van der Waals surface area contributed by atoms with Crippen molar-refractivity contribution in [3.05, 3.63) is 66.4 Å². The van der Waals surface area contributed by atoms with Crippen molar-refractivity contribution >= 4 is 28.5 Å². The average molecular weight is 313 g/mol. The van der Waals surface area contributed by atoms with Crippen LogP contribution in [0.4, 0.5) is 5.82 Å². The van der Waals surface area contributed by atoms with E-state index in [0.717, 1.165) is 34.5 Å². The lowest BCUT2D eigenvalue weighted by atomic mass is 10.1. The standard InChI is InChI=1S/C21H19N3/c1-3-13-22-21-19(17-10-6-4-8-15(17)2)23-20-18-11-7-5-9-16(18)12-14-24(20)21/h4-14H,3H2,1-2H3. The predicted molar refractivity (Wildman–Crippen MR) is 101 cm³/mol. The van der Waals surface area contributed by atoms with E-state index in [9.17, 15) is 0 Å². The number of hydrogen-bond donors (Lipinski definition) is 0. The summed E-state index contributed by atoms with van der Waals surface area (Å²) in [5, 5.41) is 2.34. The molecule has 0 aliphatic heterocycles. The summed E-state index contributed by atoms with van der Waals surface area (Å²) in [6.45, 7) is 4.21. The topological polar surface area (TPSA) is 29.7 Å². The number of aromatic nitrogens is 2. The molecule has 0 N–H and O–H groups in total. The van der Waals surface area contributed by atoms with Gasteiger partial charge in [0.15, 0.2) is 5.82 Å². The molecule has 2 aromatic carbocycles. The van der Waals surface area contributed by atoms with E-state index in [-0.39, 0.29) is 0 Å². The zero-order valence-electron chi connectivity index (χ0n) is 13.9. The third-order valence-corrected chi connectivity index (χ3v) is 4.29. The van der Waals surface area contributed by atoms with E-state index < -0.39 is 0 Å². The van der Waals surface area contributed by atoms with Crippen molar-refractivity contribution in [2.24, 2.45) is 4.99 Å². The molecule has 0 unspecified atom stereocenters. The van der Waals surface area contributed by atoms with E-state index in [1.807, 2.05) is 6.21 Å². The Balaban J connectivity index is 2.10. The molecule has 0 atom stereocenters. The Hall–Kier alpha value is -2.94. The third kappa shape index (κ3) is 2.29. The van der Waals surface area contributed by atoms with Crippen LogP contribution in [0.1, 0.15) is 18.9 Å². The van der Waals surface area contributed by atoms with E-state index in [2.05, 4.69) is 79.0 Å². The minimum atomic E-state index is 0.895. The Morgan fingerprint density at radius 3 is 2.67 bits per heavy atom. The number of nitrogens with zero attached hydrogens (tertiary/aromatic N) is 3. The summed E-state index contributed by atoms with van der Waals surface area (Å²) in [6, 6.07) is 18.8. The lowest BCUT2D eigenvalue weighted by molar-refractivity contribution is 1.17. The van der Waals surface area contributed by atoms with Crippen LogP contribution in [-0.4, -0.2) is 15.6 Å². The SMILES string of the molecule is CCC=Nc1c(-c2ccccc2C)nc2c3ccccc3ccn12. The van der Waals surface area contributed by atoms with Gasteiger partial charge in [-0.3, -0.25) is 4.40 Å². The summed E-state index contributed by atoms with van der Waals surface area (Å²) >= 11 is 0. The summed E-state index contributed by atoms with van der Waals surface area (Å²) in [4.78, 5) is 9.69. The first-order valence-electron chi connectivity index (χ1n) is 8.28. The smallest absolute Gasteiger partial charge is 0.164 e. The van der Waals surface area contributed by atoms with Gasteiger partial charge in [-0.1, -0.05) is 55.5 Å². The van der Waals surface area contributed by atoms with Crippen molar-refractivity contribution in [1.82, 2.24) is 9.38 Å². The monoisotopic (exact) mass is 313 g/mol. The number of imidazole rings is 1. The van der Waals surface area contributed by atoms with Crippen LogP contribution in [0.2, 0.25) is 0 Å². The maximum absolute atomic E-state index is 4.97. The van der Waals surface area contributed by atoms with E-state index in [0.29, 0.717) is 0 Å². The van der Waals surface area contributed by atoms with E-state index in [1.165, 1.54) is 10.9 Å². The lowest BCUT2D eigenvalue weighted by Gasteiger charge is -2.04. The molecule has 3 nitrogen and oxygen atoms in total. The normalized spacial score (nSPS) is 11.8. The van der Waals surface area contributed by atoms with E-state index >= 15 is 0 Å². The van der Waals surface area contributed by atoms with E-state index in [1.54, 1.807) is 0 Å². The fraction of sp³-hybridized carbons (Fsp3) is 0.143. The Morgan fingerprint density at radius 2 is 1.83 bits per heavy atom. The molecule has 0 aliphatic rings. The van der Waals surface area contributed by atoms with Gasteiger partial charge in [-0.05, 0) is 30.4 Å². The van der Waals surface area contributed by atoms with E-state index in [4.69, 9.17) is 9.98 Å². The Bertz CT molecular complexity index is 1060. The number of rotatable bonds is 3. The second kappa shape index (κ2) is 5.93. The molecular weight excluding hydrogens is 294 g/mol. The number of hydrogen-bond acceptors (Lipinski definition) is 2. The highest BCUT2D eigenvalue weighted by Crippen LogP contribution is 2.34. The number of aliphatic imine (C=N–C) groups is 1. The Morgan fingerprint density at radius 1 is 1.04 bits per heavy atom. The molecule has 24 heavy (non-hydrogen) atoms. The van der Waals surface area contributed by atoms with Gasteiger partial charge in [-0.15, -0.1) is 0 Å². The van der Waals surface area contributed by atoms with Crippen molar-refractivity contribution in [3.63, 3.8) is 0 Å². The maximum Gasteiger partial charge on any atom is 0.164 e. The third-order valence-electron chi connectivity index (χ3n) is 4.29. The fourth-order valence-corrected chi connectivity index (χ4v) is 3.08. The highest BCUT2D eigenvalue weighted by molar-refractivity contribution is 5.96. The summed E-state index contributed by atoms with van der Waals surface area (Å²) < 4.78 is 2.09. The average Bonchev–Trinajstić information content (AvgIpc) is 2.99. The summed E-state index contributed by atoms with van der Waals surface area (Å²) in [5.41, 5.74) is 4.23. The van der Waals surface area contributed by atoms with Gasteiger partial charge in [0, 0.05) is 23.4 Å². The first-order valence-corrected chi connectivity index (χ1v) is 8.28. The van der Waals surface area contributed by atoms with Gasteiger partial charge in [0.2, 0.25) is 0 Å². The van der Waals surface area contributed by atoms with Crippen molar-refractivity contribution in [1.29, 1.82) is 0 Å². The largest absolute Gasteiger partial charge is 0.284 e. The maximum atomic E-state index is 4.97. The van der Waals surface area contributed by atoms with Crippen LogP contribution in [0.25, 0.3) is 27.7 Å². The van der Waals surface area contributed by atoms with Gasteiger partial charge >= 0.3 is 0 Å². The van der Waals surface area contributed by atoms with Crippen LogP contribution >= 0.6 is 0 Å². The number of fused-ring (bicyclic) bond motifs is 3. The van der Waals surface area contributed by atoms with Crippen LogP contribution in [0.3, 0.4) is 0 Å². The van der Waals surface area contributed by atoms with Crippen molar-refractivity contribution in [2.45, 2.75) is 20.3 Å². The van der Waals surface area contributed by atoms with Gasteiger partial charge in [0.05, 0.1) is 0 Å². The highest BCUT2D eigenvalue weighted by Gasteiger charge is 2.16. The van der Waals surface area contributed by atoms with Crippen molar-refractivity contribution < 1.29 is 0 Å². The second-order valence-corrected chi connectivity index (χ2v) is 5.92. The first kappa shape index (κ1) is 14.6. The molecule has 2 heterocycles. The molecule has 118 valence electrons. The van der Waals surface area contributed by atoms with Crippen LogP contribution in [-0.2, 0) is 0 Å². The Labute approximate surface area is 141 Å². The molecule has 2 aromatic heterocycles. The van der Waals surface area contributed by atoms with Gasteiger partial charge in [-0.2, -0.15) is 0 Å². The summed E-state index contributed by atoms with van der Waals surface area (Å²) in [5.74, 6) is 0.895. The van der Waals surface area contributed by atoms with Crippen LogP contribution in [0.15, 0.2) is 65.8 Å². The molecule has 0 amide bonds. The molecule has 3 heteroatoms. The molecule has 0 fully saturated rings. The minimum absolute atomic E-state index is 0.895. The molecule has 4 aromatic rings. The molecule has 0 saturated heterocycles. The zero-order chi connectivity index (χ0) is 16.5. The fourth-order valence-electron chi connectivity index (χ4n) is 3.08. The summed E-state index contributed by atoms with van der Waals surface area (Å²) in [7, 11) is 0. The molecular formula is C21H19N3. The highest BCUT2D eigenvalue weighted by atomic mass is 15.1. The lowest BCUT2D eigenvalue weighted by Crippen LogP contribution is -1.86. The van der Waals surface area contributed by atoms with Gasteiger partial charge in [0.25, 0.3) is 0 Å². The first-order chi connectivity index (χ1) is 11.8. The van der Waals surface area contributed by atoms with Crippen LogP contribution < -0.4 is 0 Å². The molecule has 0 bridgehead atoms. The van der Waals surface area contributed by atoms with Crippen molar-refractivity contribution in [2.75, 3.05) is 0 Å².